The average Bonchev–Trinajstić information content (AvgIpc) is 2.85. The summed E-state index contributed by atoms with van der Waals surface area (Å²) in [6, 6.07) is 18.0. The predicted molar refractivity (Wildman–Crippen MR) is 117 cm³/mol. The standard InChI is InChI=1S/C22H16BrCl2NO2/c1-22(12-13-5-7-14(23)8-6-13)20-18(3-2-4-19(20)27)26(21(22)28)17-10-15(24)9-16(25)11-17/h2-11,27H,12H2,1H3. The van der Waals surface area contributed by atoms with Gasteiger partial charge >= 0.3 is 0 Å². The molecule has 4 rings (SSSR count). The molecule has 142 valence electrons. The van der Waals surface area contributed by atoms with Gasteiger partial charge in [0.1, 0.15) is 5.75 Å². The monoisotopic (exact) mass is 475 g/mol. The Labute approximate surface area is 181 Å². The molecule has 1 aliphatic heterocycles. The van der Waals surface area contributed by atoms with E-state index in [1.807, 2.05) is 37.3 Å². The minimum atomic E-state index is -0.927. The van der Waals surface area contributed by atoms with E-state index >= 15 is 0 Å². The van der Waals surface area contributed by atoms with E-state index in [4.69, 9.17) is 23.2 Å². The Balaban J connectivity index is 1.87. The average molecular weight is 477 g/mol. The topological polar surface area (TPSA) is 40.5 Å². The summed E-state index contributed by atoms with van der Waals surface area (Å²) in [4.78, 5) is 15.2. The number of anilines is 2. The van der Waals surface area contributed by atoms with Crippen LogP contribution in [0.3, 0.4) is 0 Å². The normalized spacial score (nSPS) is 18.4. The number of benzene rings is 3. The largest absolute Gasteiger partial charge is 0.508 e. The minimum Gasteiger partial charge on any atom is -0.508 e. The molecule has 1 atom stereocenters. The van der Waals surface area contributed by atoms with Crippen LogP contribution in [0.2, 0.25) is 10.0 Å². The lowest BCUT2D eigenvalue weighted by molar-refractivity contribution is -0.122. The van der Waals surface area contributed by atoms with Crippen LogP contribution in [0.4, 0.5) is 11.4 Å². The molecular weight excluding hydrogens is 461 g/mol. The molecule has 3 aromatic carbocycles. The third-order valence-electron chi connectivity index (χ3n) is 5.06. The van der Waals surface area contributed by atoms with E-state index in [9.17, 15) is 9.90 Å². The van der Waals surface area contributed by atoms with Crippen LogP contribution in [-0.2, 0) is 16.6 Å². The van der Waals surface area contributed by atoms with Gasteiger partial charge in [-0.3, -0.25) is 9.69 Å². The van der Waals surface area contributed by atoms with Gasteiger partial charge < -0.3 is 5.11 Å². The summed E-state index contributed by atoms with van der Waals surface area (Å²) in [6.45, 7) is 1.86. The molecule has 0 radical (unpaired) electrons. The number of rotatable bonds is 3. The number of nitrogens with zero attached hydrogens (tertiary/aromatic N) is 1. The summed E-state index contributed by atoms with van der Waals surface area (Å²) in [5.74, 6) is -0.0358. The molecular formula is C22H16BrCl2NO2. The number of aromatic hydroxyl groups is 1. The number of carbonyl (C=O) groups is 1. The number of phenolic OH excluding ortho intramolecular Hbond substituents is 1. The first-order chi connectivity index (χ1) is 13.3. The molecule has 1 unspecified atom stereocenters. The summed E-state index contributed by atoms with van der Waals surface area (Å²) in [6.07, 6.45) is 0.453. The zero-order valence-corrected chi connectivity index (χ0v) is 18.0. The summed E-state index contributed by atoms with van der Waals surface area (Å²) < 4.78 is 0.970. The van der Waals surface area contributed by atoms with Crippen LogP contribution >= 0.6 is 39.1 Å². The number of hydrogen-bond acceptors (Lipinski definition) is 2. The van der Waals surface area contributed by atoms with Crippen molar-refractivity contribution in [3.05, 3.63) is 86.3 Å². The van der Waals surface area contributed by atoms with Crippen LogP contribution in [0.1, 0.15) is 18.1 Å². The highest BCUT2D eigenvalue weighted by atomic mass is 79.9. The van der Waals surface area contributed by atoms with Crippen molar-refractivity contribution in [1.82, 2.24) is 0 Å². The van der Waals surface area contributed by atoms with E-state index in [0.717, 1.165) is 10.0 Å². The van der Waals surface area contributed by atoms with Crippen molar-refractivity contribution in [3.63, 3.8) is 0 Å². The third kappa shape index (κ3) is 3.20. The van der Waals surface area contributed by atoms with Crippen LogP contribution in [0.15, 0.2) is 65.1 Å². The molecule has 0 aliphatic carbocycles. The smallest absolute Gasteiger partial charge is 0.242 e. The Morgan fingerprint density at radius 2 is 1.68 bits per heavy atom. The van der Waals surface area contributed by atoms with E-state index in [2.05, 4.69) is 15.9 Å². The molecule has 0 aromatic heterocycles. The van der Waals surface area contributed by atoms with Crippen molar-refractivity contribution < 1.29 is 9.90 Å². The zero-order valence-electron chi connectivity index (χ0n) is 14.9. The predicted octanol–water partition coefficient (Wildman–Crippen LogP) is 6.64. The fourth-order valence-electron chi connectivity index (χ4n) is 3.84. The number of phenols is 1. The number of carbonyl (C=O) groups excluding carboxylic acids is 1. The van der Waals surface area contributed by atoms with Gasteiger partial charge in [-0.1, -0.05) is 57.3 Å². The number of hydrogen-bond donors (Lipinski definition) is 1. The van der Waals surface area contributed by atoms with Gasteiger partial charge in [0.2, 0.25) is 5.91 Å². The van der Waals surface area contributed by atoms with E-state index in [1.165, 1.54) is 0 Å². The van der Waals surface area contributed by atoms with Gasteiger partial charge in [0, 0.05) is 20.1 Å². The lowest BCUT2D eigenvalue weighted by Crippen LogP contribution is -2.37. The molecule has 1 amide bonds. The molecule has 28 heavy (non-hydrogen) atoms. The first-order valence-corrected chi connectivity index (χ1v) is 10.2. The van der Waals surface area contributed by atoms with E-state index < -0.39 is 5.41 Å². The molecule has 1 N–H and O–H groups in total. The Bertz CT molecular complexity index is 1060. The molecule has 0 fully saturated rings. The lowest BCUT2D eigenvalue weighted by Gasteiger charge is -2.25. The molecule has 3 nitrogen and oxygen atoms in total. The van der Waals surface area contributed by atoms with E-state index in [-0.39, 0.29) is 11.7 Å². The second kappa shape index (κ2) is 7.11. The molecule has 0 saturated heterocycles. The summed E-state index contributed by atoms with van der Waals surface area (Å²) in [5, 5.41) is 11.5. The van der Waals surface area contributed by atoms with Gasteiger partial charge in [-0.25, -0.2) is 0 Å². The van der Waals surface area contributed by atoms with Crippen molar-refractivity contribution in [2.24, 2.45) is 0 Å². The molecule has 6 heteroatoms. The second-order valence-electron chi connectivity index (χ2n) is 7.07. The van der Waals surface area contributed by atoms with Crippen molar-refractivity contribution in [3.8, 4) is 5.75 Å². The Morgan fingerprint density at radius 3 is 2.32 bits per heavy atom. The maximum Gasteiger partial charge on any atom is 0.242 e. The third-order valence-corrected chi connectivity index (χ3v) is 6.03. The quantitative estimate of drug-likeness (QED) is 0.460. The Hall–Kier alpha value is -2.01. The van der Waals surface area contributed by atoms with Gasteiger partial charge in [-0.05, 0) is 61.4 Å². The lowest BCUT2D eigenvalue weighted by atomic mass is 9.78. The second-order valence-corrected chi connectivity index (χ2v) is 8.86. The van der Waals surface area contributed by atoms with Gasteiger partial charge in [0.25, 0.3) is 0 Å². The van der Waals surface area contributed by atoms with Crippen LogP contribution in [0.25, 0.3) is 0 Å². The zero-order chi connectivity index (χ0) is 20.1. The van der Waals surface area contributed by atoms with Crippen molar-refractivity contribution >= 4 is 56.4 Å². The maximum absolute atomic E-state index is 13.7. The SMILES string of the molecule is CC1(Cc2ccc(Br)cc2)C(=O)N(c2cc(Cl)cc(Cl)c2)c2cccc(O)c21. The molecule has 1 aliphatic rings. The maximum atomic E-state index is 13.7. The highest BCUT2D eigenvalue weighted by Gasteiger charge is 2.49. The summed E-state index contributed by atoms with van der Waals surface area (Å²) in [7, 11) is 0. The van der Waals surface area contributed by atoms with Crippen molar-refractivity contribution in [2.45, 2.75) is 18.8 Å². The molecule has 1 heterocycles. The Kier molecular flexibility index (Phi) is 4.90. The van der Waals surface area contributed by atoms with Gasteiger partial charge in [0.15, 0.2) is 0 Å². The van der Waals surface area contributed by atoms with Crippen molar-refractivity contribution in [1.29, 1.82) is 0 Å². The van der Waals surface area contributed by atoms with Gasteiger partial charge in [-0.15, -0.1) is 0 Å². The molecule has 3 aromatic rings. The van der Waals surface area contributed by atoms with Crippen LogP contribution in [0, 0.1) is 0 Å². The van der Waals surface area contributed by atoms with E-state index in [0.29, 0.717) is 33.4 Å². The molecule has 0 bridgehead atoms. The molecule has 0 spiro atoms. The molecule has 0 saturated carbocycles. The highest BCUT2D eigenvalue weighted by molar-refractivity contribution is 9.10. The van der Waals surface area contributed by atoms with Crippen molar-refractivity contribution in [2.75, 3.05) is 4.90 Å². The van der Waals surface area contributed by atoms with Crippen LogP contribution in [0.5, 0.6) is 5.75 Å². The number of fused-ring (bicyclic) bond motifs is 1. The number of halogens is 3. The number of amides is 1. The summed E-state index contributed by atoms with van der Waals surface area (Å²) >= 11 is 15.8. The highest BCUT2D eigenvalue weighted by Crippen LogP contribution is 2.51. The fraction of sp³-hybridized carbons (Fsp3) is 0.136. The van der Waals surface area contributed by atoms with Crippen LogP contribution in [-0.4, -0.2) is 11.0 Å². The Morgan fingerprint density at radius 1 is 1.04 bits per heavy atom. The van der Waals surface area contributed by atoms with Gasteiger partial charge in [-0.2, -0.15) is 0 Å². The van der Waals surface area contributed by atoms with Gasteiger partial charge in [0.05, 0.1) is 16.8 Å². The fourth-order valence-corrected chi connectivity index (χ4v) is 4.62. The van der Waals surface area contributed by atoms with Crippen LogP contribution < -0.4 is 4.90 Å². The minimum absolute atomic E-state index is 0.0982. The van der Waals surface area contributed by atoms with E-state index in [1.54, 1.807) is 35.2 Å². The first kappa shape index (κ1) is 19.3. The summed E-state index contributed by atoms with van der Waals surface area (Å²) in [5.41, 5.74) is 1.90. The first-order valence-electron chi connectivity index (χ1n) is 8.67.